The van der Waals surface area contributed by atoms with Gasteiger partial charge >= 0.3 is 6.03 Å². The molecule has 1 saturated heterocycles. The predicted molar refractivity (Wildman–Crippen MR) is 47.7 cm³/mol. The summed E-state index contributed by atoms with van der Waals surface area (Å²) in [5.74, 6) is -0.365. The second-order valence-electron chi connectivity index (χ2n) is 2.80. The van der Waals surface area contributed by atoms with Gasteiger partial charge in [-0.25, -0.2) is 9.80 Å². The summed E-state index contributed by atoms with van der Waals surface area (Å²) in [6.07, 6.45) is 1.94. The molecular weight excluding hydrogens is 170 g/mol. The van der Waals surface area contributed by atoms with Crippen molar-refractivity contribution in [2.75, 3.05) is 6.54 Å². The van der Waals surface area contributed by atoms with Crippen LogP contribution >= 0.6 is 0 Å². The summed E-state index contributed by atoms with van der Waals surface area (Å²) in [7, 11) is 0. The van der Waals surface area contributed by atoms with Crippen LogP contribution in [0.15, 0.2) is 12.7 Å². The summed E-state index contributed by atoms with van der Waals surface area (Å²) in [6, 6.07) is -0.224. The molecule has 0 saturated carbocycles. The lowest BCUT2D eigenvalue weighted by Gasteiger charge is -2.21. The summed E-state index contributed by atoms with van der Waals surface area (Å²) in [4.78, 5) is 22.1. The average Bonchev–Trinajstić information content (AvgIpc) is 2.48. The minimum atomic E-state index is -0.365. The molecule has 5 nitrogen and oxygen atoms in total. The van der Waals surface area contributed by atoms with Gasteiger partial charge in [-0.1, -0.05) is 13.5 Å². The van der Waals surface area contributed by atoms with E-state index in [9.17, 15) is 9.59 Å². The van der Waals surface area contributed by atoms with Crippen molar-refractivity contribution in [1.29, 1.82) is 0 Å². The smallest absolute Gasteiger partial charge is 0.334 e. The molecule has 1 rings (SSSR count). The molecule has 3 amide bonds. The zero-order valence-electron chi connectivity index (χ0n) is 7.54. The van der Waals surface area contributed by atoms with Gasteiger partial charge in [-0.05, 0) is 12.5 Å². The summed E-state index contributed by atoms with van der Waals surface area (Å²) >= 11 is 0. The normalized spacial score (nSPS) is 21.2. The maximum absolute atomic E-state index is 11.2. The lowest BCUT2D eigenvalue weighted by molar-refractivity contribution is -0.120. The largest absolute Gasteiger partial charge is 0.336 e. The van der Waals surface area contributed by atoms with E-state index in [4.69, 9.17) is 0 Å². The highest BCUT2D eigenvalue weighted by Gasteiger charge is 2.29. The molecule has 1 heterocycles. The maximum Gasteiger partial charge on any atom is 0.336 e. The van der Waals surface area contributed by atoms with Gasteiger partial charge in [0.05, 0.1) is 6.04 Å². The summed E-state index contributed by atoms with van der Waals surface area (Å²) in [6.45, 7) is 5.84. The van der Waals surface area contributed by atoms with Crippen molar-refractivity contribution >= 4 is 11.9 Å². The lowest BCUT2D eigenvalue weighted by atomic mass is 10.2. The Morgan fingerprint density at radius 3 is 3.15 bits per heavy atom. The Morgan fingerprint density at radius 2 is 2.62 bits per heavy atom. The molecule has 0 aromatic rings. The summed E-state index contributed by atoms with van der Waals surface area (Å²) in [5.41, 5.74) is 2.44. The maximum atomic E-state index is 11.2. The standard InChI is InChI=1S/C8H13N3O2/c1-3-6-5-9-8(13)11(6)10-7(12)4-2/h4,6H,2-3,5H2,1H3,(H,9,13)(H,10,12). The van der Waals surface area contributed by atoms with Crippen LogP contribution in [0.2, 0.25) is 0 Å². The topological polar surface area (TPSA) is 61.4 Å². The highest BCUT2D eigenvalue weighted by molar-refractivity contribution is 5.89. The fraction of sp³-hybridized carbons (Fsp3) is 0.500. The Balaban J connectivity index is 2.59. The van der Waals surface area contributed by atoms with Gasteiger partial charge in [0.15, 0.2) is 0 Å². The van der Waals surface area contributed by atoms with E-state index in [1.54, 1.807) is 0 Å². The van der Waals surface area contributed by atoms with Gasteiger partial charge in [-0.15, -0.1) is 0 Å². The van der Waals surface area contributed by atoms with Crippen molar-refractivity contribution in [1.82, 2.24) is 15.8 Å². The summed E-state index contributed by atoms with van der Waals surface area (Å²) < 4.78 is 0. The lowest BCUT2D eigenvalue weighted by Crippen LogP contribution is -2.47. The summed E-state index contributed by atoms with van der Waals surface area (Å²) in [5, 5.41) is 3.95. The number of nitrogens with one attached hydrogen (secondary N) is 2. The fourth-order valence-electron chi connectivity index (χ4n) is 1.18. The van der Waals surface area contributed by atoms with E-state index >= 15 is 0 Å². The number of carbonyl (C=O) groups excluding carboxylic acids is 2. The molecule has 1 unspecified atom stereocenters. The number of urea groups is 1. The van der Waals surface area contributed by atoms with Crippen molar-refractivity contribution in [2.45, 2.75) is 19.4 Å². The highest BCUT2D eigenvalue weighted by atomic mass is 16.2. The van der Waals surface area contributed by atoms with Crippen LogP contribution in [0.4, 0.5) is 4.79 Å². The molecule has 0 spiro atoms. The Kier molecular flexibility index (Phi) is 2.89. The molecule has 5 heteroatoms. The van der Waals surface area contributed by atoms with Crippen molar-refractivity contribution in [3.05, 3.63) is 12.7 Å². The SMILES string of the molecule is C=CC(=O)NN1C(=O)NCC1CC. The number of hydrazine groups is 1. The molecule has 1 aliphatic heterocycles. The molecule has 0 aliphatic carbocycles. The van der Waals surface area contributed by atoms with Crippen LogP contribution in [0.1, 0.15) is 13.3 Å². The third-order valence-corrected chi connectivity index (χ3v) is 1.96. The molecule has 13 heavy (non-hydrogen) atoms. The zero-order chi connectivity index (χ0) is 9.84. The molecule has 2 N–H and O–H groups in total. The molecule has 1 aliphatic rings. The monoisotopic (exact) mass is 183 g/mol. The second kappa shape index (κ2) is 3.93. The predicted octanol–water partition coefficient (Wildman–Crippen LogP) is 0.00740. The van der Waals surface area contributed by atoms with Crippen molar-refractivity contribution in [3.63, 3.8) is 0 Å². The van der Waals surface area contributed by atoms with Crippen LogP contribution in [0.3, 0.4) is 0 Å². The third kappa shape index (κ3) is 1.99. The van der Waals surface area contributed by atoms with Crippen LogP contribution < -0.4 is 10.7 Å². The van der Waals surface area contributed by atoms with Crippen molar-refractivity contribution in [3.8, 4) is 0 Å². The van der Waals surface area contributed by atoms with Gasteiger partial charge in [0.2, 0.25) is 0 Å². The molecule has 0 aromatic heterocycles. The first-order chi connectivity index (χ1) is 6.19. The van der Waals surface area contributed by atoms with E-state index in [1.807, 2.05) is 6.92 Å². The highest BCUT2D eigenvalue weighted by Crippen LogP contribution is 2.06. The van der Waals surface area contributed by atoms with Crippen LogP contribution in [-0.2, 0) is 4.79 Å². The van der Waals surface area contributed by atoms with Gasteiger partial charge in [0, 0.05) is 6.54 Å². The van der Waals surface area contributed by atoms with Gasteiger partial charge in [-0.2, -0.15) is 0 Å². The van der Waals surface area contributed by atoms with Gasteiger partial charge in [-0.3, -0.25) is 10.2 Å². The van der Waals surface area contributed by atoms with Crippen LogP contribution in [0.25, 0.3) is 0 Å². The zero-order valence-corrected chi connectivity index (χ0v) is 7.54. The molecule has 0 radical (unpaired) electrons. The minimum absolute atomic E-state index is 0.0383. The van der Waals surface area contributed by atoms with Gasteiger partial charge in [0.25, 0.3) is 5.91 Å². The van der Waals surface area contributed by atoms with Crippen molar-refractivity contribution < 1.29 is 9.59 Å². The molecule has 72 valence electrons. The minimum Gasteiger partial charge on any atom is -0.334 e. The van der Waals surface area contributed by atoms with Gasteiger partial charge in [0.1, 0.15) is 0 Å². The first-order valence-electron chi connectivity index (χ1n) is 4.19. The Hall–Kier alpha value is -1.52. The molecule has 0 aromatic carbocycles. The van der Waals surface area contributed by atoms with Crippen LogP contribution in [0, 0.1) is 0 Å². The number of hydrogen-bond donors (Lipinski definition) is 2. The van der Waals surface area contributed by atoms with Crippen LogP contribution in [0.5, 0.6) is 0 Å². The van der Waals surface area contributed by atoms with E-state index < -0.39 is 0 Å². The second-order valence-corrected chi connectivity index (χ2v) is 2.80. The average molecular weight is 183 g/mol. The Bertz CT molecular complexity index is 240. The molecule has 0 bridgehead atoms. The Morgan fingerprint density at radius 1 is 1.92 bits per heavy atom. The third-order valence-electron chi connectivity index (χ3n) is 1.96. The number of amides is 3. The molecule has 1 fully saturated rings. The van der Waals surface area contributed by atoms with E-state index in [0.29, 0.717) is 6.54 Å². The Labute approximate surface area is 76.8 Å². The van der Waals surface area contributed by atoms with Crippen molar-refractivity contribution in [2.24, 2.45) is 0 Å². The van der Waals surface area contributed by atoms with Gasteiger partial charge < -0.3 is 5.32 Å². The quantitative estimate of drug-likeness (QED) is 0.605. The number of rotatable bonds is 3. The van der Waals surface area contributed by atoms with E-state index in [1.165, 1.54) is 5.01 Å². The number of hydrogen-bond acceptors (Lipinski definition) is 2. The number of nitrogens with zero attached hydrogens (tertiary/aromatic N) is 1. The fourth-order valence-corrected chi connectivity index (χ4v) is 1.18. The van der Waals surface area contributed by atoms with Crippen LogP contribution in [-0.4, -0.2) is 29.5 Å². The number of carbonyl (C=O) groups is 2. The first-order valence-corrected chi connectivity index (χ1v) is 4.19. The first kappa shape index (κ1) is 9.57. The van der Waals surface area contributed by atoms with E-state index in [-0.39, 0.29) is 18.0 Å². The molecular formula is C8H13N3O2. The van der Waals surface area contributed by atoms with E-state index in [2.05, 4.69) is 17.3 Å². The molecule has 1 atom stereocenters. The van der Waals surface area contributed by atoms with E-state index in [0.717, 1.165) is 12.5 Å².